The van der Waals surface area contributed by atoms with E-state index in [0.717, 1.165) is 0 Å². The lowest BCUT2D eigenvalue weighted by Gasteiger charge is -2.19. The van der Waals surface area contributed by atoms with E-state index in [0.29, 0.717) is 22.1 Å². The molecule has 3 aromatic rings. The van der Waals surface area contributed by atoms with E-state index in [4.69, 9.17) is 11.6 Å². The Kier molecular flexibility index (Phi) is 5.93. The van der Waals surface area contributed by atoms with Crippen LogP contribution in [-0.4, -0.2) is 18.4 Å². The molecule has 1 heterocycles. The molecule has 0 spiro atoms. The predicted molar refractivity (Wildman–Crippen MR) is 104 cm³/mol. The van der Waals surface area contributed by atoms with Gasteiger partial charge in [0.25, 0.3) is 5.56 Å². The summed E-state index contributed by atoms with van der Waals surface area (Å²) in [6.07, 6.45) is 0.114. The molecule has 0 aliphatic carbocycles. The van der Waals surface area contributed by atoms with Crippen LogP contribution in [0.15, 0.2) is 64.3 Å². The SMILES string of the molecule is Cc1nc(C[C@H](NS(=O)(=O)c2ccc(Cl)cc2)c2ccc(F)cc2)cc(=O)[nH]1. The van der Waals surface area contributed by atoms with Crippen LogP contribution in [0, 0.1) is 12.7 Å². The van der Waals surface area contributed by atoms with Crippen molar-refractivity contribution in [2.75, 3.05) is 0 Å². The molecule has 2 aromatic carbocycles. The topological polar surface area (TPSA) is 91.9 Å². The van der Waals surface area contributed by atoms with Crippen molar-refractivity contribution < 1.29 is 12.8 Å². The van der Waals surface area contributed by atoms with Gasteiger partial charge in [-0.3, -0.25) is 4.79 Å². The van der Waals surface area contributed by atoms with Crippen molar-refractivity contribution in [3.05, 3.63) is 92.9 Å². The van der Waals surface area contributed by atoms with Crippen LogP contribution in [-0.2, 0) is 16.4 Å². The van der Waals surface area contributed by atoms with E-state index < -0.39 is 21.9 Å². The molecule has 146 valence electrons. The number of sulfonamides is 1. The van der Waals surface area contributed by atoms with Gasteiger partial charge in [0.2, 0.25) is 10.0 Å². The Hall–Kier alpha value is -2.55. The second-order valence-corrected chi connectivity index (χ2v) is 8.36. The number of hydrogen-bond donors (Lipinski definition) is 2. The summed E-state index contributed by atoms with van der Waals surface area (Å²) in [7, 11) is -3.89. The largest absolute Gasteiger partial charge is 0.311 e. The van der Waals surface area contributed by atoms with Crippen molar-refractivity contribution >= 4 is 21.6 Å². The maximum atomic E-state index is 13.3. The zero-order chi connectivity index (χ0) is 20.3. The summed E-state index contributed by atoms with van der Waals surface area (Å²) in [5, 5.41) is 0.414. The summed E-state index contributed by atoms with van der Waals surface area (Å²) in [5.74, 6) is -0.0194. The Morgan fingerprint density at radius 2 is 1.79 bits per heavy atom. The first-order valence-corrected chi connectivity index (χ1v) is 10.2. The van der Waals surface area contributed by atoms with Crippen LogP contribution in [0.3, 0.4) is 0 Å². The van der Waals surface area contributed by atoms with Crippen molar-refractivity contribution in [2.24, 2.45) is 0 Å². The van der Waals surface area contributed by atoms with E-state index in [1.165, 1.54) is 54.6 Å². The lowest BCUT2D eigenvalue weighted by molar-refractivity contribution is 0.551. The second kappa shape index (κ2) is 8.22. The molecule has 1 atom stereocenters. The molecule has 0 saturated carbocycles. The molecule has 6 nitrogen and oxygen atoms in total. The number of aromatic amines is 1. The molecular formula is C19H17ClFN3O3S. The molecule has 0 amide bonds. The summed E-state index contributed by atoms with van der Waals surface area (Å²) >= 11 is 5.82. The van der Waals surface area contributed by atoms with Gasteiger partial charge in [0, 0.05) is 23.2 Å². The first-order chi connectivity index (χ1) is 13.2. The maximum Gasteiger partial charge on any atom is 0.251 e. The molecular weight excluding hydrogens is 405 g/mol. The van der Waals surface area contributed by atoms with Crippen molar-refractivity contribution in [3.63, 3.8) is 0 Å². The second-order valence-electron chi connectivity index (χ2n) is 6.21. The third kappa shape index (κ3) is 5.03. The normalized spacial score (nSPS) is 12.7. The third-order valence-electron chi connectivity index (χ3n) is 4.02. The number of aromatic nitrogens is 2. The summed E-state index contributed by atoms with van der Waals surface area (Å²) in [6, 6.07) is 11.8. The Morgan fingerprint density at radius 1 is 1.14 bits per heavy atom. The molecule has 1 aromatic heterocycles. The molecule has 3 rings (SSSR count). The number of aryl methyl sites for hydroxylation is 1. The Morgan fingerprint density at radius 3 is 2.39 bits per heavy atom. The fourth-order valence-electron chi connectivity index (χ4n) is 2.75. The van der Waals surface area contributed by atoms with Crippen LogP contribution in [0.5, 0.6) is 0 Å². The first kappa shape index (κ1) is 20.2. The first-order valence-electron chi connectivity index (χ1n) is 8.33. The van der Waals surface area contributed by atoms with Gasteiger partial charge >= 0.3 is 0 Å². The highest BCUT2D eigenvalue weighted by Gasteiger charge is 2.22. The fraction of sp³-hybridized carbons (Fsp3) is 0.158. The van der Waals surface area contributed by atoms with E-state index in [1.807, 2.05) is 0 Å². The molecule has 0 radical (unpaired) electrons. The van der Waals surface area contributed by atoms with Crippen LogP contribution >= 0.6 is 11.6 Å². The number of nitrogens with zero attached hydrogens (tertiary/aromatic N) is 1. The van der Waals surface area contributed by atoms with Crippen molar-refractivity contribution in [1.82, 2.24) is 14.7 Å². The fourth-order valence-corrected chi connectivity index (χ4v) is 4.10. The molecule has 0 bridgehead atoms. The minimum atomic E-state index is -3.89. The van der Waals surface area contributed by atoms with Crippen molar-refractivity contribution in [2.45, 2.75) is 24.3 Å². The van der Waals surface area contributed by atoms with Gasteiger partial charge in [0.15, 0.2) is 0 Å². The molecule has 0 aliphatic heterocycles. The van der Waals surface area contributed by atoms with Crippen LogP contribution < -0.4 is 10.3 Å². The lowest BCUT2D eigenvalue weighted by atomic mass is 10.0. The average Bonchev–Trinajstić information content (AvgIpc) is 2.61. The summed E-state index contributed by atoms with van der Waals surface area (Å²) in [4.78, 5) is 18.5. The number of rotatable bonds is 6. The number of halogens is 2. The van der Waals surface area contributed by atoms with Gasteiger partial charge < -0.3 is 4.98 Å². The zero-order valence-corrected chi connectivity index (χ0v) is 16.4. The molecule has 9 heteroatoms. The molecule has 28 heavy (non-hydrogen) atoms. The van der Waals surface area contributed by atoms with E-state index in [1.54, 1.807) is 6.92 Å². The zero-order valence-electron chi connectivity index (χ0n) is 14.8. The van der Waals surface area contributed by atoms with Crippen LogP contribution in [0.4, 0.5) is 4.39 Å². The quantitative estimate of drug-likeness (QED) is 0.639. The third-order valence-corrected chi connectivity index (χ3v) is 5.76. The molecule has 0 aliphatic rings. The van der Waals surface area contributed by atoms with E-state index >= 15 is 0 Å². The molecule has 0 unspecified atom stereocenters. The van der Waals surface area contributed by atoms with Gasteiger partial charge in [0.05, 0.1) is 10.9 Å². The maximum absolute atomic E-state index is 13.3. The van der Waals surface area contributed by atoms with Crippen LogP contribution in [0.2, 0.25) is 5.02 Å². The van der Waals surface area contributed by atoms with E-state index in [2.05, 4.69) is 14.7 Å². The monoisotopic (exact) mass is 421 g/mol. The minimum absolute atomic E-state index is 0.0408. The lowest BCUT2D eigenvalue weighted by Crippen LogP contribution is -2.30. The standard InChI is InChI=1S/C19H17ClFN3O3S/c1-12-22-16(11-19(25)23-12)10-18(13-2-6-15(21)7-3-13)24-28(26,27)17-8-4-14(20)5-9-17/h2-9,11,18,24H,10H2,1H3,(H,22,23,25)/t18-/m0/s1. The Labute approximate surface area is 166 Å². The molecule has 0 fully saturated rings. The number of nitrogens with one attached hydrogen (secondary N) is 2. The number of hydrogen-bond acceptors (Lipinski definition) is 4. The van der Waals surface area contributed by atoms with Gasteiger partial charge in [-0.2, -0.15) is 0 Å². The predicted octanol–water partition coefficient (Wildman–Crippen LogP) is 3.13. The molecule has 0 saturated heterocycles. The summed E-state index contributed by atoms with van der Waals surface area (Å²) in [6.45, 7) is 1.63. The Balaban J connectivity index is 1.97. The average molecular weight is 422 g/mol. The minimum Gasteiger partial charge on any atom is -0.311 e. The van der Waals surface area contributed by atoms with Gasteiger partial charge in [-0.05, 0) is 48.9 Å². The molecule has 2 N–H and O–H groups in total. The highest BCUT2D eigenvalue weighted by Crippen LogP contribution is 2.22. The van der Waals surface area contributed by atoms with Crippen molar-refractivity contribution in [1.29, 1.82) is 0 Å². The van der Waals surface area contributed by atoms with Gasteiger partial charge in [-0.15, -0.1) is 0 Å². The summed E-state index contributed by atoms with van der Waals surface area (Å²) < 4.78 is 41.5. The number of benzene rings is 2. The Bertz CT molecular complexity index is 1130. The highest BCUT2D eigenvalue weighted by molar-refractivity contribution is 7.89. The van der Waals surface area contributed by atoms with E-state index in [-0.39, 0.29) is 16.9 Å². The van der Waals surface area contributed by atoms with Gasteiger partial charge in [-0.1, -0.05) is 23.7 Å². The van der Waals surface area contributed by atoms with Crippen molar-refractivity contribution in [3.8, 4) is 0 Å². The number of H-pyrrole nitrogens is 1. The van der Waals surface area contributed by atoms with Gasteiger partial charge in [0.1, 0.15) is 11.6 Å². The smallest absolute Gasteiger partial charge is 0.251 e. The highest BCUT2D eigenvalue weighted by atomic mass is 35.5. The van der Waals surface area contributed by atoms with Crippen LogP contribution in [0.1, 0.15) is 23.1 Å². The van der Waals surface area contributed by atoms with Gasteiger partial charge in [-0.25, -0.2) is 22.5 Å². The van der Waals surface area contributed by atoms with E-state index in [9.17, 15) is 17.6 Å². The summed E-state index contributed by atoms with van der Waals surface area (Å²) in [5.41, 5.74) is 0.619. The van der Waals surface area contributed by atoms with Crippen LogP contribution in [0.25, 0.3) is 0 Å².